The lowest BCUT2D eigenvalue weighted by Gasteiger charge is -2.17. The molecule has 1 nitrogen and oxygen atoms in total. The van der Waals surface area contributed by atoms with Crippen molar-refractivity contribution in [2.45, 2.75) is 12.3 Å². The van der Waals surface area contributed by atoms with E-state index in [9.17, 15) is 0 Å². The predicted molar refractivity (Wildman–Crippen MR) is 96.3 cm³/mol. The largest absolute Gasteiger partial charge is 0.319 e. The summed E-state index contributed by atoms with van der Waals surface area (Å²) in [6.45, 7) is 0.992. The molecule has 0 saturated heterocycles. The van der Waals surface area contributed by atoms with Crippen molar-refractivity contribution in [3.8, 4) is 0 Å². The van der Waals surface area contributed by atoms with Gasteiger partial charge in [0.2, 0.25) is 0 Å². The van der Waals surface area contributed by atoms with Crippen molar-refractivity contribution in [3.05, 3.63) is 69.5 Å². The summed E-state index contributed by atoms with van der Waals surface area (Å²) < 4.78 is 2.52. The number of likely N-dealkylation sites (N-methyl/N-ethyl adjacent to an activating group) is 1. The average molecular weight is 360 g/mol. The third-order valence-electron chi connectivity index (χ3n) is 3.82. The third-order valence-corrected chi connectivity index (χ3v) is 5.36. The van der Waals surface area contributed by atoms with Crippen molar-refractivity contribution in [2.75, 3.05) is 13.6 Å². The molecule has 0 radical (unpaired) electrons. The van der Waals surface area contributed by atoms with Gasteiger partial charge < -0.3 is 5.32 Å². The summed E-state index contributed by atoms with van der Waals surface area (Å²) in [5, 5.41) is 7.05. The first kappa shape index (κ1) is 14.8. The first-order valence-corrected chi connectivity index (χ1v) is 8.80. The smallest absolute Gasteiger partial charge is 0.0345 e. The summed E-state index contributed by atoms with van der Waals surface area (Å²) >= 11 is 5.36. The fourth-order valence-electron chi connectivity index (χ4n) is 2.75. The Morgan fingerprint density at radius 2 is 1.86 bits per heavy atom. The van der Waals surface area contributed by atoms with Crippen LogP contribution in [-0.4, -0.2) is 13.6 Å². The Labute approximate surface area is 138 Å². The van der Waals surface area contributed by atoms with E-state index in [1.165, 1.54) is 21.2 Å². The molecule has 3 aromatic rings. The van der Waals surface area contributed by atoms with E-state index >= 15 is 0 Å². The van der Waals surface area contributed by atoms with Crippen LogP contribution in [0.4, 0.5) is 0 Å². The summed E-state index contributed by atoms with van der Waals surface area (Å²) in [7, 11) is 2.03. The van der Waals surface area contributed by atoms with E-state index in [4.69, 9.17) is 0 Å². The van der Waals surface area contributed by atoms with Gasteiger partial charge in [-0.05, 0) is 53.6 Å². The van der Waals surface area contributed by atoms with Gasteiger partial charge in [0.15, 0.2) is 0 Å². The maximum atomic E-state index is 3.51. The minimum Gasteiger partial charge on any atom is -0.319 e. The van der Waals surface area contributed by atoms with Crippen molar-refractivity contribution in [2.24, 2.45) is 0 Å². The Hall–Kier alpha value is -1.16. The van der Waals surface area contributed by atoms with Crippen LogP contribution in [0.15, 0.2) is 58.4 Å². The minimum atomic E-state index is 0.501. The Balaban J connectivity index is 1.89. The van der Waals surface area contributed by atoms with Gasteiger partial charge in [-0.1, -0.05) is 46.3 Å². The van der Waals surface area contributed by atoms with Crippen LogP contribution in [0, 0.1) is 0 Å². The highest BCUT2D eigenvalue weighted by molar-refractivity contribution is 9.10. The van der Waals surface area contributed by atoms with Crippen LogP contribution < -0.4 is 5.32 Å². The first-order valence-electron chi connectivity index (χ1n) is 7.13. The van der Waals surface area contributed by atoms with Gasteiger partial charge in [-0.15, -0.1) is 11.3 Å². The monoisotopic (exact) mass is 359 g/mol. The van der Waals surface area contributed by atoms with Gasteiger partial charge >= 0.3 is 0 Å². The maximum absolute atomic E-state index is 3.51. The van der Waals surface area contributed by atoms with Crippen molar-refractivity contribution in [1.82, 2.24) is 5.32 Å². The Bertz CT molecular complexity index is 717. The van der Waals surface area contributed by atoms with Crippen LogP contribution >= 0.6 is 27.3 Å². The topological polar surface area (TPSA) is 12.0 Å². The van der Waals surface area contributed by atoms with E-state index < -0.39 is 0 Å². The Kier molecular flexibility index (Phi) is 4.73. The van der Waals surface area contributed by atoms with Crippen LogP contribution in [-0.2, 0) is 6.42 Å². The van der Waals surface area contributed by atoms with Gasteiger partial charge in [-0.2, -0.15) is 0 Å². The van der Waals surface area contributed by atoms with Crippen molar-refractivity contribution in [3.63, 3.8) is 0 Å². The van der Waals surface area contributed by atoms with Crippen LogP contribution in [0.3, 0.4) is 0 Å². The Morgan fingerprint density at radius 1 is 1.10 bits per heavy atom. The van der Waals surface area contributed by atoms with Crippen molar-refractivity contribution in [1.29, 1.82) is 0 Å². The maximum Gasteiger partial charge on any atom is 0.0345 e. The molecule has 1 heterocycles. The van der Waals surface area contributed by atoms with Crippen molar-refractivity contribution >= 4 is 37.4 Å². The fourth-order valence-corrected chi connectivity index (χ4v) is 3.99. The number of hydrogen-bond donors (Lipinski definition) is 1. The van der Waals surface area contributed by atoms with E-state index in [1.807, 2.05) is 18.4 Å². The molecule has 0 bridgehead atoms. The summed E-state index contributed by atoms with van der Waals surface area (Å²) in [5.74, 6) is 0.501. The number of hydrogen-bond acceptors (Lipinski definition) is 2. The van der Waals surface area contributed by atoms with E-state index in [0.717, 1.165) is 17.4 Å². The lowest BCUT2D eigenvalue weighted by atomic mass is 9.92. The number of nitrogens with one attached hydrogen (secondary N) is 1. The van der Waals surface area contributed by atoms with Gasteiger partial charge in [0.05, 0.1) is 0 Å². The second-order valence-corrected chi connectivity index (χ2v) is 7.09. The van der Waals surface area contributed by atoms with E-state index in [-0.39, 0.29) is 0 Å². The van der Waals surface area contributed by atoms with Crippen LogP contribution in [0.1, 0.15) is 17.0 Å². The quantitative estimate of drug-likeness (QED) is 0.659. The average Bonchev–Trinajstić information content (AvgIpc) is 2.91. The zero-order valence-corrected chi connectivity index (χ0v) is 14.4. The number of rotatable bonds is 5. The molecule has 3 rings (SSSR count). The molecule has 0 fully saturated rings. The molecule has 0 saturated carbocycles. The summed E-state index contributed by atoms with van der Waals surface area (Å²) in [6, 6.07) is 17.4. The molecule has 108 valence electrons. The SMILES string of the molecule is CNCC(Cc1csc2ccccc12)c1ccc(Br)cc1. The molecule has 0 aliphatic carbocycles. The standard InChI is InChI=1S/C18H18BrNS/c1-20-11-14(13-6-8-16(19)9-7-13)10-15-12-21-18-5-3-2-4-17(15)18/h2-9,12,14,20H,10-11H2,1H3. The van der Waals surface area contributed by atoms with Gasteiger partial charge in [0.25, 0.3) is 0 Å². The van der Waals surface area contributed by atoms with Crippen LogP contribution in [0.2, 0.25) is 0 Å². The third kappa shape index (κ3) is 3.37. The highest BCUT2D eigenvalue weighted by Crippen LogP contribution is 2.30. The zero-order valence-electron chi connectivity index (χ0n) is 12.0. The molecular weight excluding hydrogens is 342 g/mol. The lowest BCUT2D eigenvalue weighted by Crippen LogP contribution is -2.19. The molecule has 3 heteroatoms. The molecule has 21 heavy (non-hydrogen) atoms. The predicted octanol–water partition coefficient (Wildman–Crippen LogP) is 5.21. The number of benzene rings is 2. The molecule has 1 unspecified atom stereocenters. The summed E-state index contributed by atoms with van der Waals surface area (Å²) in [4.78, 5) is 0. The van der Waals surface area contributed by atoms with Gasteiger partial charge in [-0.25, -0.2) is 0 Å². The van der Waals surface area contributed by atoms with E-state index in [1.54, 1.807) is 0 Å². The number of halogens is 1. The molecule has 1 atom stereocenters. The zero-order chi connectivity index (χ0) is 14.7. The van der Waals surface area contributed by atoms with Crippen LogP contribution in [0.25, 0.3) is 10.1 Å². The Morgan fingerprint density at radius 3 is 2.62 bits per heavy atom. The highest BCUT2D eigenvalue weighted by atomic mass is 79.9. The van der Waals surface area contributed by atoms with Gasteiger partial charge in [0, 0.05) is 21.6 Å². The molecule has 0 amide bonds. The lowest BCUT2D eigenvalue weighted by molar-refractivity contribution is 0.628. The summed E-state index contributed by atoms with van der Waals surface area (Å²) in [6.07, 6.45) is 1.08. The minimum absolute atomic E-state index is 0.501. The second kappa shape index (κ2) is 6.73. The number of fused-ring (bicyclic) bond motifs is 1. The fraction of sp³-hybridized carbons (Fsp3) is 0.222. The molecule has 1 aromatic heterocycles. The van der Waals surface area contributed by atoms with E-state index in [2.05, 4.69) is 75.2 Å². The van der Waals surface area contributed by atoms with Crippen LogP contribution in [0.5, 0.6) is 0 Å². The highest BCUT2D eigenvalue weighted by Gasteiger charge is 2.14. The molecule has 0 spiro atoms. The molecule has 0 aliphatic rings. The van der Waals surface area contributed by atoms with Gasteiger partial charge in [0.1, 0.15) is 0 Å². The summed E-state index contributed by atoms with van der Waals surface area (Å²) in [5.41, 5.74) is 2.85. The second-order valence-electron chi connectivity index (χ2n) is 5.27. The number of thiophene rings is 1. The molecule has 0 aliphatic heterocycles. The molecule has 1 N–H and O–H groups in total. The molecular formula is C18H18BrNS. The van der Waals surface area contributed by atoms with E-state index in [0.29, 0.717) is 5.92 Å². The van der Waals surface area contributed by atoms with Crippen molar-refractivity contribution < 1.29 is 0 Å². The molecule has 2 aromatic carbocycles. The van der Waals surface area contributed by atoms with Gasteiger partial charge in [-0.3, -0.25) is 0 Å². The normalized spacial score (nSPS) is 12.7. The first-order chi connectivity index (χ1) is 10.3.